The zero-order valence-electron chi connectivity index (χ0n) is 11.0. The van der Waals surface area contributed by atoms with Crippen molar-refractivity contribution in [1.29, 1.82) is 0 Å². The Balaban J connectivity index is 3.00. The molecule has 0 aliphatic heterocycles. The minimum Gasteiger partial charge on any atom is -0.461 e. The molecule has 0 saturated carbocycles. The van der Waals surface area contributed by atoms with Crippen molar-refractivity contribution in [2.75, 3.05) is 13.2 Å². The molecule has 0 saturated heterocycles. The fourth-order valence-corrected chi connectivity index (χ4v) is 1.94. The van der Waals surface area contributed by atoms with Gasteiger partial charge in [-0.2, -0.15) is 0 Å². The molecule has 2 N–H and O–H groups in total. The summed E-state index contributed by atoms with van der Waals surface area (Å²) in [6, 6.07) is 0. The second-order valence-electron chi connectivity index (χ2n) is 4.10. The summed E-state index contributed by atoms with van der Waals surface area (Å²) >= 11 is 0. The molecule has 5 nitrogen and oxygen atoms in total. The topological polar surface area (TPSA) is 79.4 Å². The van der Waals surface area contributed by atoms with Gasteiger partial charge in [-0.05, 0) is 32.8 Å². The Kier molecular flexibility index (Phi) is 5.09. The van der Waals surface area contributed by atoms with Gasteiger partial charge in [-0.15, -0.1) is 0 Å². The lowest BCUT2D eigenvalue weighted by Crippen LogP contribution is -2.07. The van der Waals surface area contributed by atoms with Crippen molar-refractivity contribution in [3.05, 3.63) is 22.5 Å². The lowest BCUT2D eigenvalue weighted by Gasteiger charge is -2.02. The third-order valence-corrected chi connectivity index (χ3v) is 2.76. The molecule has 0 unspecified atom stereocenters. The van der Waals surface area contributed by atoms with Gasteiger partial charge in [0.05, 0.1) is 6.61 Å². The molecular formula is C13H19NO4. The predicted molar refractivity (Wildman–Crippen MR) is 66.9 cm³/mol. The van der Waals surface area contributed by atoms with Gasteiger partial charge in [-0.3, -0.25) is 4.79 Å². The highest BCUT2D eigenvalue weighted by molar-refractivity contribution is 6.02. The van der Waals surface area contributed by atoms with E-state index in [0.29, 0.717) is 35.5 Å². The second kappa shape index (κ2) is 6.35. The van der Waals surface area contributed by atoms with Gasteiger partial charge >= 0.3 is 5.97 Å². The number of aromatic amines is 1. The molecule has 0 amide bonds. The van der Waals surface area contributed by atoms with Crippen LogP contribution in [0.5, 0.6) is 0 Å². The van der Waals surface area contributed by atoms with Crippen LogP contribution in [0.4, 0.5) is 0 Å². The van der Waals surface area contributed by atoms with Crippen molar-refractivity contribution < 1.29 is 19.4 Å². The molecule has 100 valence electrons. The summed E-state index contributed by atoms with van der Waals surface area (Å²) in [5, 5.41) is 8.73. The number of rotatable bonds is 6. The van der Waals surface area contributed by atoms with Crippen molar-refractivity contribution in [3.8, 4) is 0 Å². The number of carbonyl (C=O) groups is 2. The van der Waals surface area contributed by atoms with Gasteiger partial charge in [0.2, 0.25) is 0 Å². The highest BCUT2D eigenvalue weighted by atomic mass is 16.5. The minimum absolute atomic E-state index is 0.0149. The normalized spacial score (nSPS) is 10.4. The Morgan fingerprint density at radius 3 is 2.56 bits per heavy atom. The Morgan fingerprint density at radius 1 is 1.33 bits per heavy atom. The molecule has 0 fully saturated rings. The number of ether oxygens (including phenoxy) is 1. The summed E-state index contributed by atoms with van der Waals surface area (Å²) < 4.78 is 4.92. The Bertz CT molecular complexity index is 448. The summed E-state index contributed by atoms with van der Waals surface area (Å²) in [4.78, 5) is 26.5. The molecule has 0 aromatic carbocycles. The monoisotopic (exact) mass is 253 g/mol. The van der Waals surface area contributed by atoms with E-state index >= 15 is 0 Å². The first-order valence-corrected chi connectivity index (χ1v) is 6.03. The molecule has 1 rings (SSSR count). The number of aromatic nitrogens is 1. The first-order valence-electron chi connectivity index (χ1n) is 6.03. The van der Waals surface area contributed by atoms with Crippen LogP contribution in [-0.4, -0.2) is 35.1 Å². The molecule has 1 aromatic heterocycles. The van der Waals surface area contributed by atoms with E-state index in [1.54, 1.807) is 20.8 Å². The average molecular weight is 253 g/mol. The lowest BCUT2D eigenvalue weighted by atomic mass is 10.0. The van der Waals surface area contributed by atoms with Crippen LogP contribution in [0.15, 0.2) is 0 Å². The highest BCUT2D eigenvalue weighted by Crippen LogP contribution is 2.20. The van der Waals surface area contributed by atoms with Gasteiger partial charge in [0, 0.05) is 24.3 Å². The van der Waals surface area contributed by atoms with Gasteiger partial charge in [0.1, 0.15) is 5.69 Å². The zero-order chi connectivity index (χ0) is 13.7. The van der Waals surface area contributed by atoms with Gasteiger partial charge in [-0.25, -0.2) is 4.79 Å². The third kappa shape index (κ3) is 2.98. The average Bonchev–Trinajstić information content (AvgIpc) is 2.62. The third-order valence-electron chi connectivity index (χ3n) is 2.76. The number of carbonyl (C=O) groups excluding carboxylic acids is 2. The fraction of sp³-hybridized carbons (Fsp3) is 0.538. The van der Waals surface area contributed by atoms with Crippen LogP contribution >= 0.6 is 0 Å². The van der Waals surface area contributed by atoms with E-state index in [1.807, 2.05) is 0 Å². The summed E-state index contributed by atoms with van der Waals surface area (Å²) in [5.74, 6) is -0.509. The van der Waals surface area contributed by atoms with E-state index in [0.717, 1.165) is 0 Å². The largest absolute Gasteiger partial charge is 0.461 e. The molecule has 0 radical (unpaired) electrons. The Hall–Kier alpha value is -1.62. The fourth-order valence-electron chi connectivity index (χ4n) is 1.94. The molecule has 0 spiro atoms. The van der Waals surface area contributed by atoms with E-state index in [9.17, 15) is 9.59 Å². The van der Waals surface area contributed by atoms with Crippen LogP contribution < -0.4 is 0 Å². The molecule has 5 heteroatoms. The number of ketones is 1. The number of Topliss-reactive ketones (excluding diaryl/α,β-unsaturated/α-hetero) is 1. The van der Waals surface area contributed by atoms with Crippen molar-refractivity contribution in [3.63, 3.8) is 0 Å². The van der Waals surface area contributed by atoms with Crippen molar-refractivity contribution >= 4 is 11.8 Å². The quantitative estimate of drug-likeness (QED) is 0.598. The van der Waals surface area contributed by atoms with Crippen molar-refractivity contribution in [2.24, 2.45) is 0 Å². The Labute approximate surface area is 106 Å². The van der Waals surface area contributed by atoms with Crippen LogP contribution in [0, 0.1) is 13.8 Å². The molecule has 1 heterocycles. The van der Waals surface area contributed by atoms with Crippen molar-refractivity contribution in [1.82, 2.24) is 4.98 Å². The molecular weight excluding hydrogens is 234 g/mol. The van der Waals surface area contributed by atoms with E-state index in [-0.39, 0.29) is 18.8 Å². The van der Waals surface area contributed by atoms with Gasteiger partial charge in [-0.1, -0.05) is 0 Å². The number of hydrogen-bond acceptors (Lipinski definition) is 4. The van der Waals surface area contributed by atoms with Crippen LogP contribution in [0.3, 0.4) is 0 Å². The summed E-state index contributed by atoms with van der Waals surface area (Å²) in [6.07, 6.45) is 0.704. The van der Waals surface area contributed by atoms with Crippen LogP contribution in [0.2, 0.25) is 0 Å². The Morgan fingerprint density at radius 2 is 2.00 bits per heavy atom. The molecule has 0 aliphatic rings. The number of hydrogen-bond donors (Lipinski definition) is 2. The number of H-pyrrole nitrogens is 1. The summed E-state index contributed by atoms with van der Waals surface area (Å²) in [7, 11) is 0. The van der Waals surface area contributed by atoms with E-state index < -0.39 is 5.97 Å². The van der Waals surface area contributed by atoms with Crippen LogP contribution in [-0.2, 0) is 4.74 Å². The lowest BCUT2D eigenvalue weighted by molar-refractivity contribution is 0.0519. The standard InChI is InChI=1S/C13H19NO4/c1-4-18-13(17)12-8(2)11(9(3)14-12)10(16)6-5-7-15/h14-15H,4-7H2,1-3H3. The first kappa shape index (κ1) is 14.4. The molecule has 0 bridgehead atoms. The predicted octanol–water partition coefficient (Wildman–Crippen LogP) is 1.76. The molecule has 0 atom stereocenters. The van der Waals surface area contributed by atoms with E-state index in [4.69, 9.17) is 9.84 Å². The first-order chi connectivity index (χ1) is 8.52. The van der Waals surface area contributed by atoms with Gasteiger partial charge < -0.3 is 14.8 Å². The maximum atomic E-state index is 12.0. The zero-order valence-corrected chi connectivity index (χ0v) is 11.0. The number of aliphatic hydroxyl groups excluding tert-OH is 1. The minimum atomic E-state index is -0.445. The van der Waals surface area contributed by atoms with Gasteiger partial charge in [0.25, 0.3) is 0 Å². The maximum absolute atomic E-state index is 12.0. The second-order valence-corrected chi connectivity index (χ2v) is 4.10. The smallest absolute Gasteiger partial charge is 0.355 e. The molecule has 18 heavy (non-hydrogen) atoms. The summed E-state index contributed by atoms with van der Waals surface area (Å²) in [5.41, 5.74) is 2.15. The van der Waals surface area contributed by atoms with Crippen LogP contribution in [0.1, 0.15) is 51.9 Å². The van der Waals surface area contributed by atoms with Gasteiger partial charge in [0.15, 0.2) is 5.78 Å². The molecule has 0 aliphatic carbocycles. The van der Waals surface area contributed by atoms with Crippen molar-refractivity contribution in [2.45, 2.75) is 33.6 Å². The highest BCUT2D eigenvalue weighted by Gasteiger charge is 2.22. The maximum Gasteiger partial charge on any atom is 0.355 e. The van der Waals surface area contributed by atoms with E-state index in [1.165, 1.54) is 0 Å². The van der Waals surface area contributed by atoms with E-state index in [2.05, 4.69) is 4.98 Å². The SMILES string of the molecule is CCOC(=O)c1[nH]c(C)c(C(=O)CCCO)c1C. The number of aliphatic hydroxyl groups is 1. The molecule has 1 aromatic rings. The number of esters is 1. The summed E-state index contributed by atoms with van der Waals surface area (Å²) in [6.45, 7) is 5.49. The number of aryl methyl sites for hydroxylation is 1. The van der Waals surface area contributed by atoms with Crippen LogP contribution in [0.25, 0.3) is 0 Å². The number of nitrogens with one attached hydrogen (secondary N) is 1.